The van der Waals surface area contributed by atoms with Crippen molar-refractivity contribution in [2.24, 2.45) is 5.92 Å². The summed E-state index contributed by atoms with van der Waals surface area (Å²) in [6.45, 7) is 10.9. The molecule has 0 radical (unpaired) electrons. The summed E-state index contributed by atoms with van der Waals surface area (Å²) in [5.41, 5.74) is 2.45. The number of hydrogen-bond donors (Lipinski definition) is 1. The molecule has 2 heteroatoms. The van der Waals surface area contributed by atoms with Crippen LogP contribution in [-0.2, 0) is 0 Å². The van der Waals surface area contributed by atoms with Crippen LogP contribution < -0.4 is 5.32 Å². The summed E-state index contributed by atoms with van der Waals surface area (Å²) in [5.74, 6) is 0.556. The molecule has 0 bridgehead atoms. The van der Waals surface area contributed by atoms with Gasteiger partial charge in [0, 0.05) is 12.2 Å². The molecule has 15 heavy (non-hydrogen) atoms. The van der Waals surface area contributed by atoms with Crippen molar-refractivity contribution in [1.29, 1.82) is 0 Å². The Bertz CT molecular complexity index is 305. The Labute approximate surface area is 93.1 Å². The standard InChI is InChI=1S/C13H22N2/c1-9(2)12(15-10(3)4)13-11(5)7-6-8-14-13/h6-10,12,15H,1-5H3. The van der Waals surface area contributed by atoms with Crippen molar-refractivity contribution < 1.29 is 0 Å². The third-order valence-corrected chi connectivity index (χ3v) is 2.52. The van der Waals surface area contributed by atoms with Crippen molar-refractivity contribution in [3.8, 4) is 0 Å². The highest BCUT2D eigenvalue weighted by Crippen LogP contribution is 2.22. The molecule has 0 fully saturated rings. The molecule has 0 aliphatic rings. The van der Waals surface area contributed by atoms with E-state index in [9.17, 15) is 0 Å². The fraction of sp³-hybridized carbons (Fsp3) is 0.615. The van der Waals surface area contributed by atoms with Gasteiger partial charge in [0.25, 0.3) is 0 Å². The molecule has 1 aromatic rings. The normalized spacial score (nSPS) is 13.5. The predicted octanol–water partition coefficient (Wildman–Crippen LogP) is 3.09. The molecule has 0 saturated carbocycles. The average molecular weight is 206 g/mol. The largest absolute Gasteiger partial charge is 0.306 e. The van der Waals surface area contributed by atoms with Gasteiger partial charge in [-0.3, -0.25) is 4.98 Å². The fourth-order valence-electron chi connectivity index (χ4n) is 1.77. The van der Waals surface area contributed by atoms with Gasteiger partial charge in [0.2, 0.25) is 0 Å². The molecule has 1 heterocycles. The lowest BCUT2D eigenvalue weighted by atomic mass is 9.96. The van der Waals surface area contributed by atoms with E-state index in [0.717, 1.165) is 0 Å². The van der Waals surface area contributed by atoms with Gasteiger partial charge in [-0.2, -0.15) is 0 Å². The highest BCUT2D eigenvalue weighted by atomic mass is 15.0. The van der Waals surface area contributed by atoms with Crippen LogP contribution in [0.4, 0.5) is 0 Å². The molecule has 0 amide bonds. The van der Waals surface area contributed by atoms with Crippen LogP contribution in [0.5, 0.6) is 0 Å². The SMILES string of the molecule is Cc1cccnc1C(NC(C)C)C(C)C. The van der Waals surface area contributed by atoms with Crippen LogP contribution in [0, 0.1) is 12.8 Å². The molecule has 0 saturated heterocycles. The molecule has 0 aliphatic heterocycles. The third-order valence-electron chi connectivity index (χ3n) is 2.52. The lowest BCUT2D eigenvalue weighted by molar-refractivity contribution is 0.372. The van der Waals surface area contributed by atoms with Crippen molar-refractivity contribution in [2.45, 2.75) is 46.7 Å². The van der Waals surface area contributed by atoms with E-state index in [4.69, 9.17) is 0 Å². The van der Waals surface area contributed by atoms with Gasteiger partial charge in [0.1, 0.15) is 0 Å². The molecule has 0 aromatic carbocycles. The molecule has 2 nitrogen and oxygen atoms in total. The molecule has 1 unspecified atom stereocenters. The summed E-state index contributed by atoms with van der Waals surface area (Å²) in [4.78, 5) is 4.49. The van der Waals surface area contributed by atoms with E-state index >= 15 is 0 Å². The molecule has 1 atom stereocenters. The monoisotopic (exact) mass is 206 g/mol. The third kappa shape index (κ3) is 3.31. The number of pyridine rings is 1. The number of aryl methyl sites for hydroxylation is 1. The van der Waals surface area contributed by atoms with E-state index in [1.54, 1.807) is 0 Å². The Morgan fingerprint density at radius 3 is 2.33 bits per heavy atom. The molecule has 0 spiro atoms. The zero-order valence-corrected chi connectivity index (χ0v) is 10.4. The van der Waals surface area contributed by atoms with E-state index in [2.05, 4.69) is 51.0 Å². The van der Waals surface area contributed by atoms with Gasteiger partial charge in [-0.1, -0.05) is 33.8 Å². The maximum absolute atomic E-state index is 4.49. The molecule has 0 aliphatic carbocycles. The summed E-state index contributed by atoms with van der Waals surface area (Å²) in [6, 6.07) is 4.95. The molecular weight excluding hydrogens is 184 g/mol. The molecular formula is C13H22N2. The zero-order valence-electron chi connectivity index (χ0n) is 10.4. The van der Waals surface area contributed by atoms with E-state index in [1.165, 1.54) is 11.3 Å². The zero-order chi connectivity index (χ0) is 11.4. The molecule has 1 N–H and O–H groups in total. The van der Waals surface area contributed by atoms with E-state index in [0.29, 0.717) is 18.0 Å². The second-order valence-electron chi connectivity index (χ2n) is 4.75. The number of nitrogens with one attached hydrogen (secondary N) is 1. The van der Waals surface area contributed by atoms with Crippen LogP contribution >= 0.6 is 0 Å². The van der Waals surface area contributed by atoms with Crippen molar-refractivity contribution in [3.05, 3.63) is 29.6 Å². The van der Waals surface area contributed by atoms with Crippen molar-refractivity contribution in [3.63, 3.8) is 0 Å². The summed E-state index contributed by atoms with van der Waals surface area (Å²) in [5, 5.41) is 3.57. The van der Waals surface area contributed by atoms with Crippen LogP contribution in [0.3, 0.4) is 0 Å². The Morgan fingerprint density at radius 1 is 1.20 bits per heavy atom. The van der Waals surface area contributed by atoms with Crippen LogP contribution in [0.25, 0.3) is 0 Å². The van der Waals surface area contributed by atoms with Gasteiger partial charge in [-0.15, -0.1) is 0 Å². The van der Waals surface area contributed by atoms with Crippen LogP contribution in [0.15, 0.2) is 18.3 Å². The number of nitrogens with zero attached hydrogens (tertiary/aromatic N) is 1. The summed E-state index contributed by atoms with van der Waals surface area (Å²) in [6.07, 6.45) is 1.87. The summed E-state index contributed by atoms with van der Waals surface area (Å²) in [7, 11) is 0. The Morgan fingerprint density at radius 2 is 1.87 bits per heavy atom. The van der Waals surface area contributed by atoms with E-state index in [1.807, 2.05) is 12.3 Å². The summed E-state index contributed by atoms with van der Waals surface area (Å²) >= 11 is 0. The quantitative estimate of drug-likeness (QED) is 0.819. The minimum Gasteiger partial charge on any atom is -0.306 e. The lowest BCUT2D eigenvalue weighted by Gasteiger charge is -2.25. The second-order valence-corrected chi connectivity index (χ2v) is 4.75. The van der Waals surface area contributed by atoms with Crippen LogP contribution in [0.1, 0.15) is 45.0 Å². The first-order chi connectivity index (χ1) is 7.02. The first-order valence-corrected chi connectivity index (χ1v) is 5.70. The Hall–Kier alpha value is -0.890. The topological polar surface area (TPSA) is 24.9 Å². The second kappa shape index (κ2) is 5.26. The Balaban J connectivity index is 2.94. The van der Waals surface area contributed by atoms with Crippen LogP contribution in [0.2, 0.25) is 0 Å². The van der Waals surface area contributed by atoms with Gasteiger partial charge in [-0.25, -0.2) is 0 Å². The predicted molar refractivity (Wildman–Crippen MR) is 64.8 cm³/mol. The van der Waals surface area contributed by atoms with Gasteiger partial charge in [0.15, 0.2) is 0 Å². The van der Waals surface area contributed by atoms with E-state index < -0.39 is 0 Å². The van der Waals surface area contributed by atoms with Gasteiger partial charge in [-0.05, 0) is 24.5 Å². The minimum absolute atomic E-state index is 0.353. The van der Waals surface area contributed by atoms with E-state index in [-0.39, 0.29) is 0 Å². The maximum Gasteiger partial charge on any atom is 0.0604 e. The lowest BCUT2D eigenvalue weighted by Crippen LogP contribution is -2.32. The molecule has 84 valence electrons. The minimum atomic E-state index is 0.353. The first-order valence-electron chi connectivity index (χ1n) is 5.70. The average Bonchev–Trinajstić information content (AvgIpc) is 2.15. The van der Waals surface area contributed by atoms with Gasteiger partial charge < -0.3 is 5.32 Å². The van der Waals surface area contributed by atoms with Crippen molar-refractivity contribution in [1.82, 2.24) is 10.3 Å². The number of hydrogen-bond acceptors (Lipinski definition) is 2. The van der Waals surface area contributed by atoms with Gasteiger partial charge in [0.05, 0.1) is 11.7 Å². The maximum atomic E-state index is 4.49. The smallest absolute Gasteiger partial charge is 0.0604 e. The fourth-order valence-corrected chi connectivity index (χ4v) is 1.77. The molecule has 1 aromatic heterocycles. The first kappa shape index (κ1) is 12.2. The van der Waals surface area contributed by atoms with Crippen molar-refractivity contribution >= 4 is 0 Å². The van der Waals surface area contributed by atoms with Crippen molar-refractivity contribution in [2.75, 3.05) is 0 Å². The number of rotatable bonds is 4. The summed E-state index contributed by atoms with van der Waals surface area (Å²) < 4.78 is 0. The highest BCUT2D eigenvalue weighted by Gasteiger charge is 2.19. The Kier molecular flexibility index (Phi) is 4.28. The van der Waals surface area contributed by atoms with Crippen LogP contribution in [-0.4, -0.2) is 11.0 Å². The number of aromatic nitrogens is 1. The molecule has 1 rings (SSSR count). The van der Waals surface area contributed by atoms with Gasteiger partial charge >= 0.3 is 0 Å². The highest BCUT2D eigenvalue weighted by molar-refractivity contribution is 5.21.